The van der Waals surface area contributed by atoms with Crippen LogP contribution in [-0.4, -0.2) is 28.4 Å². The number of halogens is 1. The van der Waals surface area contributed by atoms with Crippen molar-refractivity contribution in [2.75, 3.05) is 11.5 Å². The number of aliphatic hydroxyl groups is 1. The van der Waals surface area contributed by atoms with Crippen molar-refractivity contribution in [1.82, 2.24) is 4.98 Å². The van der Waals surface area contributed by atoms with Crippen LogP contribution in [0, 0.1) is 12.7 Å². The summed E-state index contributed by atoms with van der Waals surface area (Å²) >= 11 is 1.30. The molecule has 2 heterocycles. The summed E-state index contributed by atoms with van der Waals surface area (Å²) < 4.78 is 20.2. The molecule has 4 aromatic rings. The van der Waals surface area contributed by atoms with E-state index in [2.05, 4.69) is 4.98 Å². The fourth-order valence-electron chi connectivity index (χ4n) is 4.23. The molecule has 0 radical (unpaired) electrons. The van der Waals surface area contributed by atoms with Crippen LogP contribution < -0.4 is 9.64 Å². The maximum absolute atomic E-state index is 13.5. The summed E-state index contributed by atoms with van der Waals surface area (Å²) in [5, 5.41) is 11.5. The summed E-state index contributed by atoms with van der Waals surface area (Å²) in [4.78, 5) is 32.7. The monoisotopic (exact) mass is 502 g/mol. The Morgan fingerprint density at radius 2 is 1.89 bits per heavy atom. The number of carbonyl (C=O) groups is 2. The number of nitrogens with zero attached hydrogens (tertiary/aromatic N) is 2. The van der Waals surface area contributed by atoms with Gasteiger partial charge in [-0.25, -0.2) is 9.37 Å². The molecule has 1 aliphatic heterocycles. The Hall–Kier alpha value is -4.04. The molecular weight excluding hydrogens is 479 g/mol. The number of aryl methyl sites for hydroxylation is 1. The van der Waals surface area contributed by atoms with Crippen LogP contribution in [0.3, 0.4) is 0 Å². The molecule has 0 bridgehead atoms. The summed E-state index contributed by atoms with van der Waals surface area (Å²) in [5.74, 6) is -1.90. The summed E-state index contributed by atoms with van der Waals surface area (Å²) in [6.07, 6.45) is 0.818. The molecule has 1 fully saturated rings. The first-order chi connectivity index (χ1) is 17.4. The first kappa shape index (κ1) is 23.7. The maximum atomic E-state index is 13.5. The highest BCUT2D eigenvalue weighted by molar-refractivity contribution is 7.22. The molecule has 1 saturated heterocycles. The predicted octanol–water partition coefficient (Wildman–Crippen LogP) is 6.16. The predicted molar refractivity (Wildman–Crippen MR) is 138 cm³/mol. The van der Waals surface area contributed by atoms with E-state index in [1.165, 1.54) is 40.5 Å². The lowest BCUT2D eigenvalue weighted by Crippen LogP contribution is -2.29. The lowest BCUT2D eigenvalue weighted by molar-refractivity contribution is -0.132. The molecule has 0 saturated carbocycles. The summed E-state index contributed by atoms with van der Waals surface area (Å²) in [6, 6.07) is 17.1. The van der Waals surface area contributed by atoms with Crippen LogP contribution in [-0.2, 0) is 9.59 Å². The number of Topliss-reactive ketones (excluding diaryl/α,β-unsaturated/α-hetero) is 1. The van der Waals surface area contributed by atoms with Crippen molar-refractivity contribution in [3.63, 3.8) is 0 Å². The van der Waals surface area contributed by atoms with Crippen molar-refractivity contribution < 1.29 is 23.8 Å². The number of aliphatic hydroxyl groups excluding tert-OH is 1. The van der Waals surface area contributed by atoms with Gasteiger partial charge in [-0.2, -0.15) is 0 Å². The third kappa shape index (κ3) is 4.24. The number of amides is 1. The fraction of sp³-hybridized carbons (Fsp3) is 0.179. The zero-order chi connectivity index (χ0) is 25.4. The van der Waals surface area contributed by atoms with Crippen molar-refractivity contribution >= 4 is 44.1 Å². The molecule has 6 nitrogen and oxygen atoms in total. The second-order valence-corrected chi connectivity index (χ2v) is 9.57. The standard InChI is InChI=1S/C28H23FN2O4S/c1-3-13-35-20-6-4-5-18(15-20)24-23(25(32)17-8-10-19(29)11-9-17)26(33)27(34)31(24)28-30-21-12-7-16(2)14-22(21)36-28/h4-12,14-15,24,32H,3,13H2,1-2H3/b25-23+/t24-/m0/s1. The number of hydrogen-bond donors (Lipinski definition) is 1. The number of anilines is 1. The minimum absolute atomic E-state index is 0.0883. The van der Waals surface area contributed by atoms with Crippen molar-refractivity contribution in [3.05, 3.63) is 94.8 Å². The Balaban J connectivity index is 1.70. The van der Waals surface area contributed by atoms with Crippen molar-refractivity contribution in [2.45, 2.75) is 26.3 Å². The molecule has 1 aliphatic rings. The highest BCUT2D eigenvalue weighted by Gasteiger charge is 2.48. The van der Waals surface area contributed by atoms with E-state index in [1.54, 1.807) is 24.3 Å². The van der Waals surface area contributed by atoms with Crippen molar-refractivity contribution in [3.8, 4) is 5.75 Å². The van der Waals surface area contributed by atoms with Crippen LogP contribution >= 0.6 is 11.3 Å². The first-order valence-corrected chi connectivity index (χ1v) is 12.4. The number of fused-ring (bicyclic) bond motifs is 1. The Morgan fingerprint density at radius 3 is 2.64 bits per heavy atom. The van der Waals surface area contributed by atoms with E-state index < -0.39 is 23.5 Å². The lowest BCUT2D eigenvalue weighted by atomic mass is 9.95. The largest absolute Gasteiger partial charge is 0.507 e. The number of hydrogen-bond acceptors (Lipinski definition) is 6. The van der Waals surface area contributed by atoms with Gasteiger partial charge in [-0.05, 0) is 73.0 Å². The smallest absolute Gasteiger partial charge is 0.301 e. The highest BCUT2D eigenvalue weighted by Crippen LogP contribution is 2.44. The molecule has 0 spiro atoms. The number of rotatable bonds is 6. The van der Waals surface area contributed by atoms with E-state index >= 15 is 0 Å². The fourth-order valence-corrected chi connectivity index (χ4v) is 5.32. The number of carbonyl (C=O) groups excluding carboxylic acids is 2. The maximum Gasteiger partial charge on any atom is 0.301 e. The number of ketones is 1. The second kappa shape index (κ2) is 9.54. The van der Waals surface area contributed by atoms with Crippen LogP contribution in [0.15, 0.2) is 72.3 Å². The Bertz CT molecular complexity index is 1510. The molecule has 1 N–H and O–H groups in total. The molecule has 8 heteroatoms. The third-order valence-corrected chi connectivity index (χ3v) is 6.96. The Labute approximate surface area is 211 Å². The van der Waals surface area contributed by atoms with E-state index in [0.29, 0.717) is 28.6 Å². The van der Waals surface area contributed by atoms with Gasteiger partial charge in [-0.1, -0.05) is 36.5 Å². The van der Waals surface area contributed by atoms with Gasteiger partial charge < -0.3 is 9.84 Å². The number of thiazole rings is 1. The van der Waals surface area contributed by atoms with Gasteiger partial charge in [0.25, 0.3) is 5.78 Å². The molecule has 182 valence electrons. The van der Waals surface area contributed by atoms with Crippen molar-refractivity contribution in [2.24, 2.45) is 0 Å². The van der Waals surface area contributed by atoms with Gasteiger partial charge in [0.15, 0.2) is 5.13 Å². The van der Waals surface area contributed by atoms with Gasteiger partial charge in [0.1, 0.15) is 17.3 Å². The van der Waals surface area contributed by atoms with Gasteiger partial charge in [-0.3, -0.25) is 14.5 Å². The van der Waals surface area contributed by atoms with E-state index in [0.717, 1.165) is 16.7 Å². The average Bonchev–Trinajstić information content (AvgIpc) is 3.40. The minimum atomic E-state index is -0.943. The average molecular weight is 503 g/mol. The minimum Gasteiger partial charge on any atom is -0.507 e. The first-order valence-electron chi connectivity index (χ1n) is 11.5. The van der Waals surface area contributed by atoms with Gasteiger partial charge >= 0.3 is 5.91 Å². The quantitative estimate of drug-likeness (QED) is 0.194. The molecule has 0 aliphatic carbocycles. The van der Waals surface area contributed by atoms with Crippen molar-refractivity contribution in [1.29, 1.82) is 0 Å². The molecule has 0 unspecified atom stereocenters. The zero-order valence-electron chi connectivity index (χ0n) is 19.7. The third-order valence-electron chi connectivity index (χ3n) is 5.95. The molecule has 1 aromatic heterocycles. The second-order valence-electron chi connectivity index (χ2n) is 8.56. The zero-order valence-corrected chi connectivity index (χ0v) is 20.5. The van der Waals surface area contributed by atoms with Crippen LogP contribution in [0.4, 0.5) is 9.52 Å². The number of benzene rings is 3. The number of aromatic nitrogens is 1. The van der Waals surface area contributed by atoms with Gasteiger partial charge in [0, 0.05) is 5.56 Å². The summed E-state index contributed by atoms with van der Waals surface area (Å²) in [7, 11) is 0. The van der Waals surface area contributed by atoms with Crippen LogP contribution in [0.1, 0.15) is 36.1 Å². The molecule has 5 rings (SSSR count). The lowest BCUT2D eigenvalue weighted by Gasteiger charge is -2.23. The van der Waals surface area contributed by atoms with E-state index in [-0.39, 0.29) is 16.9 Å². The van der Waals surface area contributed by atoms with Crippen LogP contribution in [0.5, 0.6) is 5.75 Å². The molecule has 36 heavy (non-hydrogen) atoms. The molecule has 1 atom stereocenters. The topological polar surface area (TPSA) is 79.7 Å². The van der Waals surface area contributed by atoms with Gasteiger partial charge in [0.05, 0.1) is 28.4 Å². The van der Waals surface area contributed by atoms with Gasteiger partial charge in [0.2, 0.25) is 0 Å². The van der Waals surface area contributed by atoms with E-state index in [9.17, 15) is 19.1 Å². The molecule has 3 aromatic carbocycles. The Kier molecular flexibility index (Phi) is 6.28. The summed E-state index contributed by atoms with van der Waals surface area (Å²) in [5.41, 5.74) is 2.49. The van der Waals surface area contributed by atoms with E-state index in [4.69, 9.17) is 4.74 Å². The normalized spacial score (nSPS) is 17.2. The summed E-state index contributed by atoms with van der Waals surface area (Å²) in [6.45, 7) is 4.47. The van der Waals surface area contributed by atoms with E-state index in [1.807, 2.05) is 32.0 Å². The van der Waals surface area contributed by atoms with Crippen LogP contribution in [0.25, 0.3) is 16.0 Å². The number of ether oxygens (including phenoxy) is 1. The molecule has 1 amide bonds. The van der Waals surface area contributed by atoms with Crippen LogP contribution in [0.2, 0.25) is 0 Å². The molecular formula is C28H23FN2O4S. The van der Waals surface area contributed by atoms with Gasteiger partial charge in [-0.15, -0.1) is 0 Å². The Morgan fingerprint density at radius 1 is 1.11 bits per heavy atom. The highest BCUT2D eigenvalue weighted by atomic mass is 32.1. The SMILES string of the molecule is CCCOc1cccc([C@H]2/C(=C(\O)c3ccc(F)cc3)C(=O)C(=O)N2c2nc3ccc(C)cc3s2)c1.